The minimum Gasteiger partial charge on any atom is -0.324 e. The molecule has 1 aromatic carbocycles. The Morgan fingerprint density at radius 2 is 2.21 bits per heavy atom. The van der Waals surface area contributed by atoms with Crippen molar-refractivity contribution < 1.29 is 4.39 Å². The van der Waals surface area contributed by atoms with Crippen molar-refractivity contribution >= 4 is 11.6 Å². The first-order chi connectivity index (χ1) is 6.68. The molecule has 0 aromatic heterocycles. The molecule has 1 saturated carbocycles. The number of halogens is 2. The molecule has 0 radical (unpaired) electrons. The number of nitrogens with two attached hydrogens (primary N) is 1. The Bertz CT molecular complexity index is 336. The number of rotatable bonds is 3. The predicted molar refractivity (Wildman–Crippen MR) is 55.7 cm³/mol. The summed E-state index contributed by atoms with van der Waals surface area (Å²) in [6.45, 7) is 0. The van der Waals surface area contributed by atoms with Gasteiger partial charge in [-0.15, -0.1) is 0 Å². The van der Waals surface area contributed by atoms with E-state index in [9.17, 15) is 4.39 Å². The maximum absolute atomic E-state index is 13.5. The molecule has 0 saturated heterocycles. The summed E-state index contributed by atoms with van der Waals surface area (Å²) in [6, 6.07) is 4.80. The van der Waals surface area contributed by atoms with Crippen LogP contribution in [0.15, 0.2) is 18.2 Å². The average Bonchev–Trinajstić information content (AvgIpc) is 2.93. The van der Waals surface area contributed by atoms with E-state index in [0.717, 1.165) is 6.42 Å². The van der Waals surface area contributed by atoms with Crippen molar-refractivity contribution in [2.45, 2.75) is 25.3 Å². The molecule has 1 nitrogen and oxygen atoms in total. The van der Waals surface area contributed by atoms with Crippen molar-refractivity contribution in [3.05, 3.63) is 34.6 Å². The third-order valence-electron chi connectivity index (χ3n) is 2.67. The van der Waals surface area contributed by atoms with E-state index in [2.05, 4.69) is 0 Å². The minimum atomic E-state index is -0.359. The summed E-state index contributed by atoms with van der Waals surface area (Å²) in [5, 5.41) is 0.161. The van der Waals surface area contributed by atoms with Gasteiger partial charge in [-0.3, -0.25) is 0 Å². The zero-order valence-electron chi connectivity index (χ0n) is 7.84. The summed E-state index contributed by atoms with van der Waals surface area (Å²) in [5.41, 5.74) is 6.45. The lowest BCUT2D eigenvalue weighted by molar-refractivity contribution is 0.543. The molecule has 0 unspecified atom stereocenters. The van der Waals surface area contributed by atoms with Crippen LogP contribution < -0.4 is 5.73 Å². The molecular formula is C11H13ClFN. The molecule has 0 bridgehead atoms. The lowest BCUT2D eigenvalue weighted by Gasteiger charge is -2.12. The lowest BCUT2D eigenvalue weighted by atomic mass is 10.0. The van der Waals surface area contributed by atoms with E-state index in [-0.39, 0.29) is 16.9 Å². The summed E-state index contributed by atoms with van der Waals surface area (Å²) in [6.07, 6.45) is 3.34. The Labute approximate surface area is 88.1 Å². The molecule has 14 heavy (non-hydrogen) atoms. The molecule has 2 rings (SSSR count). The zero-order valence-corrected chi connectivity index (χ0v) is 8.60. The summed E-state index contributed by atoms with van der Waals surface area (Å²) in [4.78, 5) is 0. The van der Waals surface area contributed by atoms with Crippen molar-refractivity contribution in [1.82, 2.24) is 0 Å². The van der Waals surface area contributed by atoms with E-state index in [1.165, 1.54) is 12.8 Å². The fraction of sp³-hybridized carbons (Fsp3) is 0.455. The molecule has 1 fully saturated rings. The van der Waals surface area contributed by atoms with Gasteiger partial charge in [0.05, 0.1) is 5.02 Å². The Kier molecular flexibility index (Phi) is 2.75. The van der Waals surface area contributed by atoms with Gasteiger partial charge < -0.3 is 5.73 Å². The van der Waals surface area contributed by atoms with Gasteiger partial charge in [0.2, 0.25) is 0 Å². The van der Waals surface area contributed by atoms with Gasteiger partial charge in [0.15, 0.2) is 0 Å². The monoisotopic (exact) mass is 213 g/mol. The Hall–Kier alpha value is -0.600. The van der Waals surface area contributed by atoms with Gasteiger partial charge in [0.25, 0.3) is 0 Å². The summed E-state index contributed by atoms with van der Waals surface area (Å²) in [5.74, 6) is 0.339. The van der Waals surface area contributed by atoms with Gasteiger partial charge in [-0.1, -0.05) is 36.6 Å². The van der Waals surface area contributed by atoms with Gasteiger partial charge in [0.1, 0.15) is 5.82 Å². The van der Waals surface area contributed by atoms with Gasteiger partial charge >= 0.3 is 0 Å². The predicted octanol–water partition coefficient (Wildman–Crippen LogP) is 3.28. The maximum Gasteiger partial charge on any atom is 0.146 e. The van der Waals surface area contributed by atoms with E-state index in [0.29, 0.717) is 11.5 Å². The highest BCUT2D eigenvalue weighted by molar-refractivity contribution is 6.30. The van der Waals surface area contributed by atoms with Crippen LogP contribution in [0.2, 0.25) is 5.02 Å². The molecule has 0 spiro atoms. The number of hydrogen-bond donors (Lipinski definition) is 1. The second kappa shape index (κ2) is 3.87. The van der Waals surface area contributed by atoms with Crippen LogP contribution in [0, 0.1) is 11.7 Å². The molecule has 0 heterocycles. The number of hydrogen-bond acceptors (Lipinski definition) is 1. The van der Waals surface area contributed by atoms with Crippen molar-refractivity contribution in [2.24, 2.45) is 11.7 Å². The van der Waals surface area contributed by atoms with Gasteiger partial charge in [-0.05, 0) is 18.4 Å². The van der Waals surface area contributed by atoms with Crippen molar-refractivity contribution in [3.8, 4) is 0 Å². The quantitative estimate of drug-likeness (QED) is 0.820. The summed E-state index contributed by atoms with van der Waals surface area (Å²) >= 11 is 5.68. The molecule has 0 amide bonds. The average molecular weight is 214 g/mol. The Morgan fingerprint density at radius 1 is 1.50 bits per heavy atom. The highest BCUT2D eigenvalue weighted by Gasteiger charge is 2.25. The van der Waals surface area contributed by atoms with Crippen molar-refractivity contribution in [3.63, 3.8) is 0 Å². The van der Waals surface area contributed by atoms with Crippen LogP contribution in [0.5, 0.6) is 0 Å². The van der Waals surface area contributed by atoms with Crippen LogP contribution in [-0.4, -0.2) is 0 Å². The Morgan fingerprint density at radius 3 is 2.86 bits per heavy atom. The molecule has 76 valence electrons. The second-order valence-electron chi connectivity index (χ2n) is 3.93. The molecule has 1 aromatic rings. The third-order valence-corrected chi connectivity index (χ3v) is 2.96. The summed E-state index contributed by atoms with van der Waals surface area (Å²) < 4.78 is 13.5. The first-order valence-corrected chi connectivity index (χ1v) is 5.25. The fourth-order valence-electron chi connectivity index (χ4n) is 1.65. The SMILES string of the molecule is N[C@H](CC1CC1)c1cccc(Cl)c1F. The molecule has 2 N–H and O–H groups in total. The Balaban J connectivity index is 2.16. The molecule has 1 aliphatic rings. The van der Waals surface area contributed by atoms with E-state index >= 15 is 0 Å². The first-order valence-electron chi connectivity index (χ1n) is 4.88. The van der Waals surface area contributed by atoms with Gasteiger partial charge in [0, 0.05) is 11.6 Å². The minimum absolute atomic E-state index is 0.161. The topological polar surface area (TPSA) is 26.0 Å². The van der Waals surface area contributed by atoms with E-state index in [1.54, 1.807) is 18.2 Å². The van der Waals surface area contributed by atoms with Crippen LogP contribution in [-0.2, 0) is 0 Å². The van der Waals surface area contributed by atoms with E-state index in [4.69, 9.17) is 17.3 Å². The summed E-state index contributed by atoms with van der Waals surface area (Å²) in [7, 11) is 0. The van der Waals surface area contributed by atoms with Gasteiger partial charge in [-0.2, -0.15) is 0 Å². The van der Waals surface area contributed by atoms with Crippen molar-refractivity contribution in [2.75, 3.05) is 0 Å². The number of benzene rings is 1. The van der Waals surface area contributed by atoms with Crippen LogP contribution in [0.1, 0.15) is 30.9 Å². The van der Waals surface area contributed by atoms with E-state index in [1.807, 2.05) is 0 Å². The molecule has 3 heteroatoms. The zero-order chi connectivity index (χ0) is 10.1. The standard InChI is InChI=1S/C11H13ClFN/c12-9-3-1-2-8(11(9)13)10(14)6-7-4-5-7/h1-3,7,10H,4-6,14H2/t10-/m1/s1. The molecule has 1 aliphatic carbocycles. The van der Waals surface area contributed by atoms with Crippen LogP contribution in [0.4, 0.5) is 4.39 Å². The second-order valence-corrected chi connectivity index (χ2v) is 4.34. The smallest absolute Gasteiger partial charge is 0.146 e. The normalized spacial score (nSPS) is 18.2. The highest BCUT2D eigenvalue weighted by Crippen LogP contribution is 2.37. The maximum atomic E-state index is 13.5. The van der Waals surface area contributed by atoms with Crippen molar-refractivity contribution in [1.29, 1.82) is 0 Å². The first kappa shape index (κ1) is 9.94. The van der Waals surface area contributed by atoms with Crippen LogP contribution >= 0.6 is 11.6 Å². The van der Waals surface area contributed by atoms with Gasteiger partial charge in [-0.25, -0.2) is 4.39 Å². The molecule has 0 aliphatic heterocycles. The lowest BCUT2D eigenvalue weighted by Crippen LogP contribution is -2.12. The van der Waals surface area contributed by atoms with E-state index < -0.39 is 0 Å². The fourth-order valence-corrected chi connectivity index (χ4v) is 1.83. The van der Waals surface area contributed by atoms with Crippen LogP contribution in [0.3, 0.4) is 0 Å². The highest BCUT2D eigenvalue weighted by atomic mass is 35.5. The largest absolute Gasteiger partial charge is 0.324 e. The molecular weight excluding hydrogens is 201 g/mol. The third kappa shape index (κ3) is 2.07. The van der Waals surface area contributed by atoms with Crippen LogP contribution in [0.25, 0.3) is 0 Å². The molecule has 1 atom stereocenters.